The third-order valence-electron chi connectivity index (χ3n) is 3.33. The lowest BCUT2D eigenvalue weighted by molar-refractivity contribution is -0.308. The fourth-order valence-electron chi connectivity index (χ4n) is 2.11. The molecule has 1 N–H and O–H groups in total. The second-order valence-corrected chi connectivity index (χ2v) is 7.23. The Bertz CT molecular complexity index is 898. The normalized spacial score (nSPS) is 12.5. The molecule has 0 aliphatic heterocycles. The second kappa shape index (κ2) is 7.64. The van der Waals surface area contributed by atoms with Crippen LogP contribution in [0.4, 0.5) is 0 Å². The summed E-state index contributed by atoms with van der Waals surface area (Å²) in [6, 6.07) is 9.78. The first-order valence-electron chi connectivity index (χ1n) is 6.98. The van der Waals surface area contributed by atoms with E-state index in [-0.39, 0.29) is 11.4 Å². The zero-order valence-corrected chi connectivity index (χ0v) is 14.2. The summed E-state index contributed by atoms with van der Waals surface area (Å²) in [5.41, 5.74) is 0.0727. The maximum Gasteiger partial charge on any atom is 0.241 e. The van der Waals surface area contributed by atoms with E-state index in [9.17, 15) is 28.2 Å². The van der Waals surface area contributed by atoms with Gasteiger partial charge in [0.15, 0.2) is 0 Å². The molecule has 0 aliphatic carbocycles. The second-order valence-electron chi connectivity index (χ2n) is 5.11. The average molecular weight is 382 g/mol. The summed E-state index contributed by atoms with van der Waals surface area (Å²) in [6.45, 7) is 0. The Balaban J connectivity index is 2.30. The first-order chi connectivity index (χ1) is 11.7. The van der Waals surface area contributed by atoms with Gasteiger partial charge >= 0.3 is 0 Å². The lowest BCUT2D eigenvalue weighted by atomic mass is 10.1. The van der Waals surface area contributed by atoms with Crippen LogP contribution in [0.15, 0.2) is 53.4 Å². The van der Waals surface area contributed by atoms with Crippen molar-refractivity contribution < 1.29 is 28.2 Å². The van der Waals surface area contributed by atoms with Gasteiger partial charge in [-0.2, -0.15) is 0 Å². The molecule has 9 heteroatoms. The van der Waals surface area contributed by atoms with Gasteiger partial charge in [0.2, 0.25) is 10.0 Å². The number of nitrogens with one attached hydrogen (secondary N) is 1. The fourth-order valence-corrected chi connectivity index (χ4v) is 3.51. The van der Waals surface area contributed by atoms with Gasteiger partial charge in [0.1, 0.15) is 0 Å². The number of hydrogen-bond acceptors (Lipinski definition) is 6. The Kier molecular flexibility index (Phi) is 5.78. The van der Waals surface area contributed by atoms with Crippen LogP contribution in [0.2, 0.25) is 5.02 Å². The maximum atomic E-state index is 12.4. The summed E-state index contributed by atoms with van der Waals surface area (Å²) in [6.07, 6.45) is -0.136. The number of sulfonamides is 1. The summed E-state index contributed by atoms with van der Waals surface area (Å²) in [7, 11) is -4.32. The van der Waals surface area contributed by atoms with Crippen molar-refractivity contribution in [2.24, 2.45) is 0 Å². The molecule has 132 valence electrons. The van der Waals surface area contributed by atoms with Crippen molar-refractivity contribution in [3.05, 3.63) is 64.7 Å². The Morgan fingerprint density at radius 3 is 2.28 bits per heavy atom. The number of aliphatic carboxylic acids is 1. The van der Waals surface area contributed by atoms with E-state index >= 15 is 0 Å². The van der Waals surface area contributed by atoms with Crippen LogP contribution >= 0.6 is 11.6 Å². The van der Waals surface area contributed by atoms with Crippen molar-refractivity contribution in [1.82, 2.24) is 4.72 Å². The lowest BCUT2D eigenvalue weighted by Gasteiger charge is -2.20. The predicted octanol–water partition coefficient (Wildman–Crippen LogP) is -0.657. The largest absolute Gasteiger partial charge is 0.548 e. The van der Waals surface area contributed by atoms with E-state index < -0.39 is 38.5 Å². The van der Waals surface area contributed by atoms with Crippen LogP contribution in [-0.2, 0) is 21.2 Å². The molecule has 0 fully saturated rings. The minimum atomic E-state index is -4.32. The van der Waals surface area contributed by atoms with Gasteiger partial charge in [0, 0.05) is 10.6 Å². The Hall–Kier alpha value is -2.42. The van der Waals surface area contributed by atoms with Crippen LogP contribution in [0.3, 0.4) is 0 Å². The average Bonchev–Trinajstić information content (AvgIpc) is 2.54. The monoisotopic (exact) mass is 381 g/mol. The SMILES string of the molecule is O=C([O-])c1cc(S(=O)(=O)N[C@H](Cc2ccccc2)C(=O)[O-])ccc1Cl. The molecule has 0 saturated heterocycles. The first-order valence-corrected chi connectivity index (χ1v) is 8.85. The van der Waals surface area contributed by atoms with Gasteiger partial charge in [0.05, 0.1) is 22.9 Å². The number of benzene rings is 2. The Morgan fingerprint density at radius 1 is 1.08 bits per heavy atom. The standard InChI is InChI=1S/C16H14ClNO6S/c17-13-7-6-11(9-12(13)15(19)20)25(23,24)18-14(16(21)22)8-10-4-2-1-3-5-10/h1-7,9,14,18H,8H2,(H,19,20)(H,21,22)/p-2/t14-/m1/s1. The molecule has 0 unspecified atom stereocenters. The lowest BCUT2D eigenvalue weighted by Crippen LogP contribution is -2.49. The molecule has 2 aromatic rings. The zero-order valence-electron chi connectivity index (χ0n) is 12.6. The molecule has 0 amide bonds. The molecule has 0 radical (unpaired) electrons. The molecule has 0 heterocycles. The summed E-state index contributed by atoms with van der Waals surface area (Å²) in [4.78, 5) is 21.8. The molecule has 1 atom stereocenters. The zero-order chi connectivity index (χ0) is 18.6. The van der Waals surface area contributed by atoms with Crippen LogP contribution in [-0.4, -0.2) is 26.4 Å². The first kappa shape index (κ1) is 18.9. The number of rotatable bonds is 7. The number of aromatic carboxylic acids is 1. The molecule has 25 heavy (non-hydrogen) atoms. The number of carboxylic acid groups (broad SMARTS) is 2. The van der Waals surface area contributed by atoms with Crippen LogP contribution in [0.1, 0.15) is 15.9 Å². The fraction of sp³-hybridized carbons (Fsp3) is 0.125. The minimum absolute atomic E-state index is 0.136. The molecule has 7 nitrogen and oxygen atoms in total. The highest BCUT2D eigenvalue weighted by atomic mass is 35.5. The summed E-state index contributed by atoms with van der Waals surface area (Å²) in [5, 5.41) is 22.0. The van der Waals surface area contributed by atoms with Gasteiger partial charge in [-0.1, -0.05) is 41.9 Å². The van der Waals surface area contributed by atoms with E-state index in [1.54, 1.807) is 30.3 Å². The molecule has 0 bridgehead atoms. The van der Waals surface area contributed by atoms with Crippen LogP contribution < -0.4 is 14.9 Å². The third kappa shape index (κ3) is 4.79. The van der Waals surface area contributed by atoms with Gasteiger partial charge < -0.3 is 19.8 Å². The van der Waals surface area contributed by atoms with Crippen molar-refractivity contribution in [3.8, 4) is 0 Å². The number of halogens is 1. The van der Waals surface area contributed by atoms with E-state index in [0.29, 0.717) is 5.56 Å². The molecule has 0 spiro atoms. The topological polar surface area (TPSA) is 126 Å². The molecular formula is C16H12ClNO6S-2. The number of carbonyl (C=O) groups is 2. The van der Waals surface area contributed by atoms with Crippen molar-refractivity contribution in [1.29, 1.82) is 0 Å². The highest BCUT2D eigenvalue weighted by molar-refractivity contribution is 7.89. The van der Waals surface area contributed by atoms with E-state index in [0.717, 1.165) is 18.2 Å². The number of carboxylic acids is 2. The molecule has 0 saturated carbocycles. The molecule has 2 aromatic carbocycles. The van der Waals surface area contributed by atoms with Crippen LogP contribution in [0, 0.1) is 0 Å². The molecule has 0 aromatic heterocycles. The van der Waals surface area contributed by atoms with Gasteiger partial charge in [-0.25, -0.2) is 13.1 Å². The summed E-state index contributed by atoms with van der Waals surface area (Å²) >= 11 is 5.66. The quantitative estimate of drug-likeness (QED) is 0.678. The van der Waals surface area contributed by atoms with E-state index in [1.807, 2.05) is 4.72 Å². The van der Waals surface area contributed by atoms with Crippen molar-refractivity contribution >= 4 is 33.6 Å². The Labute approximate surface area is 148 Å². The van der Waals surface area contributed by atoms with Gasteiger partial charge in [-0.05, 0) is 30.2 Å². The number of carbonyl (C=O) groups excluding carboxylic acids is 2. The minimum Gasteiger partial charge on any atom is -0.548 e. The molecule has 0 aliphatic rings. The maximum absolute atomic E-state index is 12.4. The van der Waals surface area contributed by atoms with Crippen LogP contribution in [0.5, 0.6) is 0 Å². The van der Waals surface area contributed by atoms with Gasteiger partial charge in [-0.15, -0.1) is 0 Å². The molecular weight excluding hydrogens is 370 g/mol. The van der Waals surface area contributed by atoms with Crippen molar-refractivity contribution in [2.45, 2.75) is 17.4 Å². The third-order valence-corrected chi connectivity index (χ3v) is 5.13. The smallest absolute Gasteiger partial charge is 0.241 e. The van der Waals surface area contributed by atoms with Crippen molar-refractivity contribution in [3.63, 3.8) is 0 Å². The molecule has 2 rings (SSSR count). The van der Waals surface area contributed by atoms with Crippen molar-refractivity contribution in [2.75, 3.05) is 0 Å². The predicted molar refractivity (Wildman–Crippen MR) is 85.0 cm³/mol. The summed E-state index contributed by atoms with van der Waals surface area (Å²) < 4.78 is 26.7. The van der Waals surface area contributed by atoms with Gasteiger partial charge in [0.25, 0.3) is 0 Å². The highest BCUT2D eigenvalue weighted by Crippen LogP contribution is 2.20. The van der Waals surface area contributed by atoms with E-state index in [4.69, 9.17) is 11.6 Å². The Morgan fingerprint density at radius 2 is 1.72 bits per heavy atom. The van der Waals surface area contributed by atoms with E-state index in [2.05, 4.69) is 0 Å². The summed E-state index contributed by atoms with van der Waals surface area (Å²) in [5.74, 6) is -3.26. The van der Waals surface area contributed by atoms with Gasteiger partial charge in [-0.3, -0.25) is 0 Å². The highest BCUT2D eigenvalue weighted by Gasteiger charge is 2.22. The van der Waals surface area contributed by atoms with E-state index in [1.165, 1.54) is 0 Å². The number of hydrogen-bond donors (Lipinski definition) is 1. The van der Waals surface area contributed by atoms with Crippen LogP contribution in [0.25, 0.3) is 0 Å².